The molecular formula is C15H17NOS. The van der Waals surface area contributed by atoms with Gasteiger partial charge in [-0.2, -0.15) is 0 Å². The van der Waals surface area contributed by atoms with E-state index in [4.69, 9.17) is 0 Å². The first-order chi connectivity index (χ1) is 8.74. The Morgan fingerprint density at radius 2 is 2.06 bits per heavy atom. The third-order valence-electron chi connectivity index (χ3n) is 3.50. The second kappa shape index (κ2) is 4.82. The zero-order valence-electron chi connectivity index (χ0n) is 10.5. The predicted octanol–water partition coefficient (Wildman–Crippen LogP) is 3.41. The number of aliphatic hydroxyl groups excluding tert-OH is 1. The molecule has 0 saturated heterocycles. The minimum Gasteiger partial charge on any atom is -0.383 e. The Balaban J connectivity index is 1.92. The van der Waals surface area contributed by atoms with E-state index < -0.39 is 6.10 Å². The summed E-state index contributed by atoms with van der Waals surface area (Å²) in [6.45, 7) is 2.00. The van der Waals surface area contributed by atoms with Crippen LogP contribution in [-0.4, -0.2) is 10.1 Å². The molecule has 2 nitrogen and oxygen atoms in total. The van der Waals surface area contributed by atoms with Gasteiger partial charge in [-0.25, -0.2) is 0 Å². The summed E-state index contributed by atoms with van der Waals surface area (Å²) < 4.78 is 0. The maximum atomic E-state index is 10.4. The molecule has 0 saturated carbocycles. The van der Waals surface area contributed by atoms with Crippen LogP contribution in [0.15, 0.2) is 24.5 Å². The molecule has 0 radical (unpaired) electrons. The summed E-state index contributed by atoms with van der Waals surface area (Å²) in [6, 6.07) is 4.20. The number of aryl methyl sites for hydroxylation is 3. The number of rotatable bonds is 2. The van der Waals surface area contributed by atoms with Crippen molar-refractivity contribution in [3.05, 3.63) is 51.0 Å². The van der Waals surface area contributed by atoms with Gasteiger partial charge in [0.2, 0.25) is 0 Å². The fourth-order valence-corrected chi connectivity index (χ4v) is 3.81. The number of hydrogen-bond acceptors (Lipinski definition) is 3. The molecule has 0 aliphatic heterocycles. The summed E-state index contributed by atoms with van der Waals surface area (Å²) >= 11 is 1.77. The van der Waals surface area contributed by atoms with Crippen molar-refractivity contribution in [1.82, 2.24) is 4.98 Å². The molecule has 0 bridgehead atoms. The van der Waals surface area contributed by atoms with E-state index in [-0.39, 0.29) is 0 Å². The molecule has 3 rings (SSSR count). The Bertz CT molecular complexity index is 538. The fourth-order valence-electron chi connectivity index (χ4n) is 2.54. The molecule has 1 aliphatic carbocycles. The highest BCUT2D eigenvalue weighted by Gasteiger charge is 2.19. The van der Waals surface area contributed by atoms with Gasteiger partial charge in [-0.3, -0.25) is 4.98 Å². The average Bonchev–Trinajstić information content (AvgIpc) is 2.81. The lowest BCUT2D eigenvalue weighted by atomic mass is 9.98. The summed E-state index contributed by atoms with van der Waals surface area (Å²) in [5, 5.41) is 10.4. The van der Waals surface area contributed by atoms with E-state index in [0.717, 1.165) is 16.0 Å². The van der Waals surface area contributed by atoms with Gasteiger partial charge >= 0.3 is 0 Å². The van der Waals surface area contributed by atoms with E-state index in [1.807, 2.05) is 19.2 Å². The molecule has 3 heteroatoms. The maximum Gasteiger partial charge on any atom is 0.115 e. The molecule has 0 aromatic carbocycles. The van der Waals surface area contributed by atoms with Crippen molar-refractivity contribution < 1.29 is 5.11 Å². The molecule has 2 heterocycles. The van der Waals surface area contributed by atoms with Crippen LogP contribution < -0.4 is 0 Å². The number of thiophene rings is 1. The highest BCUT2D eigenvalue weighted by Crippen LogP contribution is 2.35. The van der Waals surface area contributed by atoms with E-state index in [1.54, 1.807) is 17.5 Å². The van der Waals surface area contributed by atoms with Crippen LogP contribution in [-0.2, 0) is 12.8 Å². The SMILES string of the molecule is Cc1cncc(C(O)c2cc3c(s2)CCCC3)c1. The minimum absolute atomic E-state index is 0.520. The Morgan fingerprint density at radius 1 is 1.22 bits per heavy atom. The van der Waals surface area contributed by atoms with Crippen LogP contribution in [0.3, 0.4) is 0 Å². The highest BCUT2D eigenvalue weighted by atomic mass is 32.1. The summed E-state index contributed by atoms with van der Waals surface area (Å²) in [5.74, 6) is 0. The van der Waals surface area contributed by atoms with Crippen molar-refractivity contribution in [2.75, 3.05) is 0 Å². The van der Waals surface area contributed by atoms with Crippen LogP contribution in [0, 0.1) is 6.92 Å². The second-order valence-electron chi connectivity index (χ2n) is 5.00. The average molecular weight is 259 g/mol. The molecular weight excluding hydrogens is 242 g/mol. The first kappa shape index (κ1) is 11.9. The lowest BCUT2D eigenvalue weighted by Gasteiger charge is -2.08. The highest BCUT2D eigenvalue weighted by molar-refractivity contribution is 7.12. The Hall–Kier alpha value is -1.19. The van der Waals surface area contributed by atoms with Gasteiger partial charge in [0.05, 0.1) is 0 Å². The van der Waals surface area contributed by atoms with Gasteiger partial charge in [-0.05, 0) is 49.8 Å². The number of aliphatic hydroxyl groups is 1. The first-order valence-corrected chi connectivity index (χ1v) is 7.27. The quantitative estimate of drug-likeness (QED) is 0.896. The van der Waals surface area contributed by atoms with Gasteiger partial charge in [-0.15, -0.1) is 11.3 Å². The largest absolute Gasteiger partial charge is 0.383 e. The molecule has 2 aromatic rings. The summed E-state index contributed by atoms with van der Waals surface area (Å²) in [7, 11) is 0. The van der Waals surface area contributed by atoms with Crippen molar-refractivity contribution in [2.45, 2.75) is 38.7 Å². The zero-order chi connectivity index (χ0) is 12.5. The van der Waals surface area contributed by atoms with Crippen LogP contribution in [0.2, 0.25) is 0 Å². The van der Waals surface area contributed by atoms with Gasteiger partial charge in [-0.1, -0.05) is 6.07 Å². The number of aromatic nitrogens is 1. The summed E-state index contributed by atoms with van der Waals surface area (Å²) in [4.78, 5) is 6.69. The maximum absolute atomic E-state index is 10.4. The monoisotopic (exact) mass is 259 g/mol. The van der Waals surface area contributed by atoms with Gasteiger partial charge in [0.15, 0.2) is 0 Å². The Kier molecular flexibility index (Phi) is 3.18. The van der Waals surface area contributed by atoms with E-state index >= 15 is 0 Å². The van der Waals surface area contributed by atoms with Gasteiger partial charge < -0.3 is 5.11 Å². The number of hydrogen-bond donors (Lipinski definition) is 1. The third kappa shape index (κ3) is 2.20. The second-order valence-corrected chi connectivity index (χ2v) is 6.17. The van der Waals surface area contributed by atoms with Crippen LogP contribution >= 0.6 is 11.3 Å². The van der Waals surface area contributed by atoms with Crippen molar-refractivity contribution in [3.63, 3.8) is 0 Å². The van der Waals surface area contributed by atoms with E-state index in [1.165, 1.54) is 36.1 Å². The Morgan fingerprint density at radius 3 is 2.83 bits per heavy atom. The normalized spacial score (nSPS) is 16.3. The predicted molar refractivity (Wildman–Crippen MR) is 74.0 cm³/mol. The molecule has 1 N–H and O–H groups in total. The van der Waals surface area contributed by atoms with Crippen molar-refractivity contribution in [3.8, 4) is 0 Å². The molecule has 1 atom stereocenters. The van der Waals surface area contributed by atoms with Crippen LogP contribution in [0.5, 0.6) is 0 Å². The van der Waals surface area contributed by atoms with E-state index in [0.29, 0.717) is 0 Å². The molecule has 0 fully saturated rings. The standard InChI is InChI=1S/C15H17NOS/c1-10-6-12(9-16-8-10)15(17)14-7-11-4-2-3-5-13(11)18-14/h6-9,15,17H,2-5H2,1H3. The van der Waals surface area contributed by atoms with Crippen LogP contribution in [0.1, 0.15) is 45.4 Å². The van der Waals surface area contributed by atoms with Gasteiger partial charge in [0, 0.05) is 27.7 Å². The first-order valence-electron chi connectivity index (χ1n) is 6.45. The molecule has 18 heavy (non-hydrogen) atoms. The van der Waals surface area contributed by atoms with Crippen molar-refractivity contribution in [2.24, 2.45) is 0 Å². The van der Waals surface area contributed by atoms with Gasteiger partial charge in [0.1, 0.15) is 6.10 Å². The van der Waals surface area contributed by atoms with Crippen molar-refractivity contribution >= 4 is 11.3 Å². The lowest BCUT2D eigenvalue weighted by molar-refractivity contribution is 0.223. The number of pyridine rings is 1. The number of fused-ring (bicyclic) bond motifs is 1. The molecule has 94 valence electrons. The third-order valence-corrected chi connectivity index (χ3v) is 4.79. The topological polar surface area (TPSA) is 33.1 Å². The van der Waals surface area contributed by atoms with Gasteiger partial charge in [0.25, 0.3) is 0 Å². The minimum atomic E-state index is -0.520. The van der Waals surface area contributed by atoms with Crippen LogP contribution in [0.4, 0.5) is 0 Å². The molecule has 0 spiro atoms. The van der Waals surface area contributed by atoms with E-state index in [9.17, 15) is 5.11 Å². The number of nitrogens with zero attached hydrogens (tertiary/aromatic N) is 1. The zero-order valence-corrected chi connectivity index (χ0v) is 11.3. The smallest absolute Gasteiger partial charge is 0.115 e. The summed E-state index contributed by atoms with van der Waals surface area (Å²) in [6.07, 6.45) is 7.98. The fraction of sp³-hybridized carbons (Fsp3) is 0.400. The van der Waals surface area contributed by atoms with Crippen molar-refractivity contribution in [1.29, 1.82) is 0 Å². The molecule has 2 aromatic heterocycles. The lowest BCUT2D eigenvalue weighted by Crippen LogP contribution is -1.98. The molecule has 1 unspecified atom stereocenters. The van der Waals surface area contributed by atoms with Crippen LogP contribution in [0.25, 0.3) is 0 Å². The molecule has 0 amide bonds. The molecule has 1 aliphatic rings. The van der Waals surface area contributed by atoms with E-state index in [2.05, 4.69) is 11.1 Å². The summed E-state index contributed by atoms with van der Waals surface area (Å²) in [5.41, 5.74) is 3.43. The Labute approximate surface area is 111 Å².